The molecule has 220 valence electrons. The number of H-pyrrole nitrogens is 1. The number of hydrogen-bond donors (Lipinski definition) is 4. The number of halogens is 1. The second kappa shape index (κ2) is 14.1. The van der Waals surface area contributed by atoms with E-state index in [4.69, 9.17) is 22.1 Å². The lowest BCUT2D eigenvalue weighted by molar-refractivity contribution is -0.151. The van der Waals surface area contributed by atoms with Crippen LogP contribution in [0.5, 0.6) is 0 Å². The van der Waals surface area contributed by atoms with Crippen molar-refractivity contribution in [2.75, 3.05) is 6.61 Å². The molecule has 0 saturated carbocycles. The first-order valence-corrected chi connectivity index (χ1v) is 14.0. The number of amides is 1. The molecule has 2 heterocycles. The summed E-state index contributed by atoms with van der Waals surface area (Å²) in [5.41, 5.74) is 8.42. The highest BCUT2D eigenvalue weighted by Crippen LogP contribution is 2.24. The third kappa shape index (κ3) is 8.16. The van der Waals surface area contributed by atoms with Crippen LogP contribution in [0.25, 0.3) is 16.9 Å². The van der Waals surface area contributed by atoms with Crippen molar-refractivity contribution in [2.45, 2.75) is 44.9 Å². The van der Waals surface area contributed by atoms with Crippen LogP contribution in [0.15, 0.2) is 83.8 Å². The first kappa shape index (κ1) is 30.7. The Kier molecular flexibility index (Phi) is 10.3. The third-order valence-electron chi connectivity index (χ3n) is 6.89. The van der Waals surface area contributed by atoms with E-state index in [1.807, 2.05) is 56.3 Å². The van der Waals surface area contributed by atoms with E-state index in [1.165, 1.54) is 12.3 Å². The minimum Gasteiger partial charge on any atom is -0.479 e. The Labute approximate surface area is 248 Å². The Morgan fingerprint density at radius 3 is 2.48 bits per heavy atom. The fraction of sp³-hybridized carbons (Fsp3) is 0.290. The van der Waals surface area contributed by atoms with E-state index in [0.29, 0.717) is 17.3 Å². The van der Waals surface area contributed by atoms with E-state index >= 15 is 0 Å². The predicted molar refractivity (Wildman–Crippen MR) is 161 cm³/mol. The number of aromatic nitrogens is 3. The van der Waals surface area contributed by atoms with Gasteiger partial charge in [0.15, 0.2) is 11.9 Å². The van der Waals surface area contributed by atoms with Gasteiger partial charge >= 0.3 is 5.97 Å². The zero-order chi connectivity index (χ0) is 30.2. The summed E-state index contributed by atoms with van der Waals surface area (Å²) in [6, 6.07) is 20.5. The Morgan fingerprint density at radius 1 is 1.07 bits per heavy atom. The monoisotopic (exact) mass is 591 g/mol. The van der Waals surface area contributed by atoms with Crippen molar-refractivity contribution in [1.82, 2.24) is 20.1 Å². The van der Waals surface area contributed by atoms with E-state index in [0.717, 1.165) is 21.4 Å². The van der Waals surface area contributed by atoms with Gasteiger partial charge < -0.3 is 20.9 Å². The highest BCUT2D eigenvalue weighted by atomic mass is 35.5. The first-order valence-electron chi connectivity index (χ1n) is 13.6. The van der Waals surface area contributed by atoms with Crippen molar-refractivity contribution in [3.63, 3.8) is 0 Å². The molecule has 1 amide bonds. The number of ether oxygens (including phenoxy) is 1. The number of aliphatic carboxylic acids is 1. The van der Waals surface area contributed by atoms with E-state index in [9.17, 15) is 19.5 Å². The molecular weight excluding hydrogens is 558 g/mol. The summed E-state index contributed by atoms with van der Waals surface area (Å²) in [5, 5.41) is 16.2. The van der Waals surface area contributed by atoms with E-state index in [2.05, 4.69) is 15.4 Å². The molecule has 0 spiro atoms. The number of hydrogen-bond acceptors (Lipinski definition) is 6. The summed E-state index contributed by atoms with van der Waals surface area (Å²) in [7, 11) is 0. The standard InChI is InChI=1S/C31H34ClN5O5/c1-19(2)25(33)18-42-27(31(40)41)16-24(14-20-9-11-21(12-10-20)22-6-5-7-23(32)15-22)35-30(39)26-17-29(38)37(36-26)28-8-3-4-13-34-28/h3-13,15,17,19,24-25,27,36H,14,16,18,33H2,1-2H3,(H,35,39)(H,40,41)/t24-,25-,27-/m1/s1. The van der Waals surface area contributed by atoms with Gasteiger partial charge in [0.25, 0.3) is 11.5 Å². The smallest absolute Gasteiger partial charge is 0.332 e. The third-order valence-corrected chi connectivity index (χ3v) is 7.13. The molecule has 5 N–H and O–H groups in total. The topological polar surface area (TPSA) is 152 Å². The van der Waals surface area contributed by atoms with Gasteiger partial charge in [0.1, 0.15) is 5.69 Å². The number of nitrogens with two attached hydrogens (primary N) is 1. The van der Waals surface area contributed by atoms with Crippen molar-refractivity contribution < 1.29 is 19.4 Å². The van der Waals surface area contributed by atoms with Crippen molar-refractivity contribution in [2.24, 2.45) is 11.7 Å². The maximum absolute atomic E-state index is 13.3. The second-order valence-electron chi connectivity index (χ2n) is 10.4. The van der Waals surface area contributed by atoms with Crippen LogP contribution in [0.1, 0.15) is 36.3 Å². The summed E-state index contributed by atoms with van der Waals surface area (Å²) in [4.78, 5) is 42.1. The number of benzene rings is 2. The fourth-order valence-corrected chi connectivity index (χ4v) is 4.52. The molecule has 0 saturated heterocycles. The molecule has 0 aliphatic rings. The van der Waals surface area contributed by atoms with Crippen LogP contribution in [0.3, 0.4) is 0 Å². The number of nitrogens with zero attached hydrogens (tertiary/aromatic N) is 2. The van der Waals surface area contributed by atoms with Gasteiger partial charge in [-0.05, 0) is 53.3 Å². The minimum absolute atomic E-state index is 0.0154. The molecule has 0 bridgehead atoms. The van der Waals surface area contributed by atoms with Gasteiger partial charge in [-0.3, -0.25) is 14.7 Å². The summed E-state index contributed by atoms with van der Waals surface area (Å²) in [6.45, 7) is 3.92. The summed E-state index contributed by atoms with van der Waals surface area (Å²) in [6.07, 6.45) is 0.624. The van der Waals surface area contributed by atoms with Crippen molar-refractivity contribution in [3.8, 4) is 16.9 Å². The number of rotatable bonds is 13. The first-order chi connectivity index (χ1) is 20.1. The highest BCUT2D eigenvalue weighted by Gasteiger charge is 2.27. The number of carbonyl (C=O) groups excluding carboxylic acids is 1. The number of carbonyl (C=O) groups is 2. The second-order valence-corrected chi connectivity index (χ2v) is 10.9. The van der Waals surface area contributed by atoms with Gasteiger partial charge in [-0.15, -0.1) is 0 Å². The number of nitrogens with one attached hydrogen (secondary N) is 2. The quantitative estimate of drug-likeness (QED) is 0.183. The average molecular weight is 592 g/mol. The van der Waals surface area contributed by atoms with Crippen LogP contribution in [-0.4, -0.2) is 56.5 Å². The molecule has 0 aliphatic heterocycles. The molecule has 3 atom stereocenters. The average Bonchev–Trinajstić information content (AvgIpc) is 3.37. The van der Waals surface area contributed by atoms with Gasteiger partial charge in [-0.1, -0.05) is 67.9 Å². The van der Waals surface area contributed by atoms with Crippen LogP contribution in [0, 0.1) is 5.92 Å². The van der Waals surface area contributed by atoms with Gasteiger partial charge in [0.05, 0.1) is 6.61 Å². The Bertz CT molecular complexity index is 1550. The molecule has 0 aliphatic carbocycles. The Balaban J connectivity index is 1.55. The van der Waals surface area contributed by atoms with E-state index in [-0.39, 0.29) is 30.7 Å². The van der Waals surface area contributed by atoms with Crippen LogP contribution < -0.4 is 16.6 Å². The summed E-state index contributed by atoms with van der Waals surface area (Å²) >= 11 is 6.14. The van der Waals surface area contributed by atoms with Gasteiger partial charge in [-0.25, -0.2) is 14.5 Å². The van der Waals surface area contributed by atoms with Gasteiger partial charge in [-0.2, -0.15) is 0 Å². The van der Waals surface area contributed by atoms with Crippen molar-refractivity contribution in [3.05, 3.63) is 106 Å². The molecule has 4 aromatic rings. The largest absolute Gasteiger partial charge is 0.479 e. The van der Waals surface area contributed by atoms with Crippen LogP contribution in [-0.2, 0) is 16.0 Å². The van der Waals surface area contributed by atoms with Gasteiger partial charge in [0.2, 0.25) is 0 Å². The van der Waals surface area contributed by atoms with Crippen molar-refractivity contribution in [1.29, 1.82) is 0 Å². The van der Waals surface area contributed by atoms with Crippen LogP contribution in [0.4, 0.5) is 0 Å². The summed E-state index contributed by atoms with van der Waals surface area (Å²) in [5.74, 6) is -1.28. The van der Waals surface area contributed by atoms with E-state index in [1.54, 1.807) is 24.3 Å². The molecule has 0 unspecified atom stereocenters. The maximum Gasteiger partial charge on any atom is 0.332 e. The fourth-order valence-electron chi connectivity index (χ4n) is 4.33. The SMILES string of the molecule is CC(C)[C@H](N)CO[C@H](C[C@@H](Cc1ccc(-c2cccc(Cl)c2)cc1)NC(=O)c1cc(=O)n(-c2ccccn2)[nH]1)C(=O)O. The van der Waals surface area contributed by atoms with Gasteiger partial charge in [0, 0.05) is 35.8 Å². The highest BCUT2D eigenvalue weighted by molar-refractivity contribution is 6.30. The molecule has 4 rings (SSSR count). The molecule has 2 aromatic carbocycles. The number of pyridine rings is 1. The lowest BCUT2D eigenvalue weighted by Gasteiger charge is -2.24. The normalized spacial score (nSPS) is 13.5. The number of aromatic amines is 1. The van der Waals surface area contributed by atoms with Crippen LogP contribution in [0.2, 0.25) is 5.02 Å². The molecular formula is C31H34ClN5O5. The zero-order valence-corrected chi connectivity index (χ0v) is 24.1. The molecule has 2 aromatic heterocycles. The molecule has 0 radical (unpaired) electrons. The number of carboxylic acids is 1. The van der Waals surface area contributed by atoms with Crippen LogP contribution >= 0.6 is 11.6 Å². The predicted octanol–water partition coefficient (Wildman–Crippen LogP) is 4.07. The molecule has 42 heavy (non-hydrogen) atoms. The minimum atomic E-state index is -1.21. The molecule has 0 fully saturated rings. The summed E-state index contributed by atoms with van der Waals surface area (Å²) < 4.78 is 6.85. The Hall–Kier alpha value is -4.25. The molecule has 10 nitrogen and oxygen atoms in total. The van der Waals surface area contributed by atoms with Crippen molar-refractivity contribution >= 4 is 23.5 Å². The number of carboxylic acid groups (broad SMARTS) is 1. The van der Waals surface area contributed by atoms with E-state index < -0.39 is 29.6 Å². The lowest BCUT2D eigenvalue weighted by Crippen LogP contribution is -2.43. The zero-order valence-electron chi connectivity index (χ0n) is 23.4. The maximum atomic E-state index is 13.3. The Morgan fingerprint density at radius 2 is 1.83 bits per heavy atom. The lowest BCUT2D eigenvalue weighted by atomic mass is 9.97. The molecule has 11 heteroatoms.